The summed E-state index contributed by atoms with van der Waals surface area (Å²) < 4.78 is 28.8. The summed E-state index contributed by atoms with van der Waals surface area (Å²) in [7, 11) is 0. The molecule has 17 heavy (non-hydrogen) atoms. The molecule has 0 aromatic heterocycles. The van der Waals surface area contributed by atoms with Crippen LogP contribution in [0.5, 0.6) is 5.75 Å². The maximum Gasteiger partial charge on any atom is 0.387 e. The van der Waals surface area contributed by atoms with Crippen molar-refractivity contribution in [2.45, 2.75) is 26.0 Å². The van der Waals surface area contributed by atoms with Gasteiger partial charge in [-0.25, -0.2) is 0 Å². The monoisotopic (exact) mass is 240 g/mol. The molecule has 0 amide bonds. The number of ether oxygens (including phenoxy) is 1. The van der Waals surface area contributed by atoms with Crippen molar-refractivity contribution in [1.82, 2.24) is 5.32 Å². The highest BCUT2D eigenvalue weighted by atomic mass is 19.3. The smallest absolute Gasteiger partial charge is 0.387 e. The minimum Gasteiger partial charge on any atom is -0.434 e. The zero-order chi connectivity index (χ0) is 12.7. The highest BCUT2D eigenvalue weighted by Gasteiger charge is 2.16. The van der Waals surface area contributed by atoms with Gasteiger partial charge in [0.05, 0.1) is 6.07 Å². The first kappa shape index (κ1) is 13.4. The largest absolute Gasteiger partial charge is 0.434 e. The Hall–Kier alpha value is -1.67. The van der Waals surface area contributed by atoms with Crippen LogP contribution >= 0.6 is 0 Å². The van der Waals surface area contributed by atoms with E-state index in [4.69, 9.17) is 5.26 Å². The number of hydrogen-bond acceptors (Lipinski definition) is 3. The van der Waals surface area contributed by atoms with Gasteiger partial charge in [0, 0.05) is 5.56 Å². The lowest BCUT2D eigenvalue weighted by molar-refractivity contribution is -0.0505. The molecule has 1 aromatic rings. The van der Waals surface area contributed by atoms with Gasteiger partial charge in [-0.15, -0.1) is 0 Å². The number of alkyl halides is 2. The van der Waals surface area contributed by atoms with Crippen LogP contribution in [0.2, 0.25) is 0 Å². The number of halogens is 2. The van der Waals surface area contributed by atoms with Gasteiger partial charge in [0.25, 0.3) is 0 Å². The van der Waals surface area contributed by atoms with Gasteiger partial charge in [0.1, 0.15) is 11.8 Å². The maximum absolute atomic E-state index is 12.2. The third-order valence-electron chi connectivity index (χ3n) is 2.17. The van der Waals surface area contributed by atoms with Crippen LogP contribution < -0.4 is 10.1 Å². The van der Waals surface area contributed by atoms with Gasteiger partial charge in [0.15, 0.2) is 0 Å². The molecule has 1 unspecified atom stereocenters. The van der Waals surface area contributed by atoms with Gasteiger partial charge < -0.3 is 4.74 Å². The molecule has 1 aromatic carbocycles. The zero-order valence-corrected chi connectivity index (χ0v) is 9.49. The van der Waals surface area contributed by atoms with E-state index in [9.17, 15) is 8.78 Å². The number of para-hydroxylation sites is 1. The third kappa shape index (κ3) is 4.00. The van der Waals surface area contributed by atoms with Gasteiger partial charge >= 0.3 is 6.61 Å². The SMILES string of the molecule is CCCNC(C#N)c1ccccc1OC(F)F. The first-order chi connectivity index (χ1) is 8.19. The second kappa shape index (κ2) is 6.81. The number of nitrogens with zero attached hydrogens (tertiary/aromatic N) is 1. The highest BCUT2D eigenvalue weighted by Crippen LogP contribution is 2.26. The van der Waals surface area contributed by atoms with E-state index in [0.29, 0.717) is 12.1 Å². The van der Waals surface area contributed by atoms with Crippen LogP contribution in [0.4, 0.5) is 8.78 Å². The second-order valence-electron chi connectivity index (χ2n) is 3.43. The molecule has 92 valence electrons. The van der Waals surface area contributed by atoms with Gasteiger partial charge in [-0.2, -0.15) is 14.0 Å². The van der Waals surface area contributed by atoms with E-state index in [1.165, 1.54) is 6.07 Å². The van der Waals surface area contributed by atoms with E-state index in [2.05, 4.69) is 10.1 Å². The Labute approximate surface area is 99.0 Å². The molecule has 0 fully saturated rings. The Kier molecular flexibility index (Phi) is 5.37. The molecule has 0 spiro atoms. The number of nitriles is 1. The summed E-state index contributed by atoms with van der Waals surface area (Å²) in [6.07, 6.45) is 0.857. The Morgan fingerprint density at radius 1 is 1.41 bits per heavy atom. The molecular weight excluding hydrogens is 226 g/mol. The molecule has 0 saturated heterocycles. The Morgan fingerprint density at radius 2 is 2.12 bits per heavy atom. The first-order valence-electron chi connectivity index (χ1n) is 5.35. The standard InChI is InChI=1S/C12H14F2N2O/c1-2-7-16-10(8-15)9-5-3-4-6-11(9)17-12(13)14/h3-6,10,12,16H,2,7H2,1H3. The van der Waals surface area contributed by atoms with Crippen molar-refractivity contribution < 1.29 is 13.5 Å². The molecule has 5 heteroatoms. The van der Waals surface area contributed by atoms with Crippen molar-refractivity contribution >= 4 is 0 Å². The van der Waals surface area contributed by atoms with E-state index in [-0.39, 0.29) is 5.75 Å². The molecule has 1 N–H and O–H groups in total. The maximum atomic E-state index is 12.2. The summed E-state index contributed by atoms with van der Waals surface area (Å²) in [4.78, 5) is 0. The van der Waals surface area contributed by atoms with Crippen molar-refractivity contribution in [3.8, 4) is 11.8 Å². The van der Waals surface area contributed by atoms with E-state index in [1.54, 1.807) is 18.2 Å². The van der Waals surface area contributed by atoms with E-state index in [1.807, 2.05) is 13.0 Å². The van der Waals surface area contributed by atoms with E-state index < -0.39 is 12.7 Å². The van der Waals surface area contributed by atoms with Crippen molar-refractivity contribution in [3.63, 3.8) is 0 Å². The van der Waals surface area contributed by atoms with Crippen LogP contribution in [0, 0.1) is 11.3 Å². The summed E-state index contributed by atoms with van der Waals surface area (Å²) in [6, 6.07) is 7.71. The van der Waals surface area contributed by atoms with Crippen molar-refractivity contribution in [2.75, 3.05) is 6.54 Å². The fourth-order valence-corrected chi connectivity index (χ4v) is 1.44. The van der Waals surface area contributed by atoms with Crippen LogP contribution in [0.15, 0.2) is 24.3 Å². The van der Waals surface area contributed by atoms with Gasteiger partial charge in [-0.1, -0.05) is 25.1 Å². The lowest BCUT2D eigenvalue weighted by atomic mass is 10.1. The molecule has 0 saturated carbocycles. The fraction of sp³-hybridized carbons (Fsp3) is 0.417. The quantitative estimate of drug-likeness (QED) is 0.831. The first-order valence-corrected chi connectivity index (χ1v) is 5.35. The molecule has 0 heterocycles. The summed E-state index contributed by atoms with van der Waals surface area (Å²) in [6.45, 7) is -0.286. The van der Waals surface area contributed by atoms with Crippen LogP contribution in [0.25, 0.3) is 0 Å². The molecule has 0 aliphatic rings. The minimum atomic E-state index is -2.89. The molecule has 0 aliphatic heterocycles. The molecule has 1 rings (SSSR count). The van der Waals surface area contributed by atoms with E-state index in [0.717, 1.165) is 6.42 Å². The number of hydrogen-bond donors (Lipinski definition) is 1. The Morgan fingerprint density at radius 3 is 2.71 bits per heavy atom. The second-order valence-corrected chi connectivity index (χ2v) is 3.43. The molecule has 0 bridgehead atoms. The predicted molar refractivity (Wildman–Crippen MR) is 59.7 cm³/mol. The average Bonchev–Trinajstić information content (AvgIpc) is 2.31. The minimum absolute atomic E-state index is 0.0395. The zero-order valence-electron chi connectivity index (χ0n) is 9.49. The third-order valence-corrected chi connectivity index (χ3v) is 2.17. The molecular formula is C12H14F2N2O. The Balaban J connectivity index is 2.90. The van der Waals surface area contributed by atoms with Gasteiger partial charge in [-0.3, -0.25) is 5.32 Å². The fourth-order valence-electron chi connectivity index (χ4n) is 1.44. The Bertz CT molecular complexity index is 390. The summed E-state index contributed by atoms with van der Waals surface area (Å²) in [5.74, 6) is 0.0395. The van der Waals surface area contributed by atoms with Gasteiger partial charge in [-0.05, 0) is 19.0 Å². The lowest BCUT2D eigenvalue weighted by Gasteiger charge is -2.15. The van der Waals surface area contributed by atoms with Crippen molar-refractivity contribution in [3.05, 3.63) is 29.8 Å². The predicted octanol–water partition coefficient (Wildman–Crippen LogP) is 2.85. The normalized spacial score (nSPS) is 12.2. The molecule has 0 radical (unpaired) electrons. The van der Waals surface area contributed by atoms with Crippen LogP contribution in [0.1, 0.15) is 24.9 Å². The number of benzene rings is 1. The summed E-state index contributed by atoms with van der Waals surface area (Å²) in [5, 5.41) is 12.0. The van der Waals surface area contributed by atoms with Crippen LogP contribution in [-0.4, -0.2) is 13.2 Å². The number of rotatable bonds is 6. The molecule has 0 aliphatic carbocycles. The topological polar surface area (TPSA) is 45.0 Å². The van der Waals surface area contributed by atoms with Crippen molar-refractivity contribution in [2.24, 2.45) is 0 Å². The van der Waals surface area contributed by atoms with E-state index >= 15 is 0 Å². The number of nitrogens with one attached hydrogen (secondary N) is 1. The summed E-state index contributed by atoms with van der Waals surface area (Å²) >= 11 is 0. The molecule has 3 nitrogen and oxygen atoms in total. The molecule has 1 atom stereocenters. The lowest BCUT2D eigenvalue weighted by Crippen LogP contribution is -2.21. The van der Waals surface area contributed by atoms with Gasteiger partial charge in [0.2, 0.25) is 0 Å². The average molecular weight is 240 g/mol. The summed E-state index contributed by atoms with van der Waals surface area (Å²) in [5.41, 5.74) is 0.434. The van der Waals surface area contributed by atoms with Crippen LogP contribution in [0.3, 0.4) is 0 Å². The van der Waals surface area contributed by atoms with Crippen molar-refractivity contribution in [1.29, 1.82) is 5.26 Å². The highest BCUT2D eigenvalue weighted by molar-refractivity contribution is 5.38. The van der Waals surface area contributed by atoms with Crippen LogP contribution in [-0.2, 0) is 0 Å².